The highest BCUT2D eigenvalue weighted by atomic mass is 19.4. The first kappa shape index (κ1) is 18.3. The fourth-order valence-corrected chi connectivity index (χ4v) is 2.29. The summed E-state index contributed by atoms with van der Waals surface area (Å²) in [5.74, 6) is -0.167. The maximum Gasteiger partial charge on any atom is 0.419 e. The van der Waals surface area contributed by atoms with E-state index in [0.717, 1.165) is 11.6 Å². The standard InChI is InChI=1S/C18H20F3NO2/c1-23-12-11-22-16(14-7-3-2-4-8-14)13-24-17-10-6-5-9-15(17)18(19,20)21/h2-10,16,22H,11-13H2,1H3. The van der Waals surface area contributed by atoms with Crippen LogP contribution in [0.15, 0.2) is 54.6 Å². The summed E-state index contributed by atoms with van der Waals surface area (Å²) >= 11 is 0. The summed E-state index contributed by atoms with van der Waals surface area (Å²) in [5.41, 5.74) is 0.173. The van der Waals surface area contributed by atoms with Crippen molar-refractivity contribution in [3.63, 3.8) is 0 Å². The Hall–Kier alpha value is -2.05. The molecule has 0 bridgehead atoms. The van der Waals surface area contributed by atoms with Crippen molar-refractivity contribution in [2.24, 2.45) is 0 Å². The van der Waals surface area contributed by atoms with Gasteiger partial charge < -0.3 is 14.8 Å². The van der Waals surface area contributed by atoms with Crippen molar-refractivity contribution >= 4 is 0 Å². The van der Waals surface area contributed by atoms with Gasteiger partial charge in [0.2, 0.25) is 0 Å². The molecule has 2 aromatic carbocycles. The molecule has 1 atom stereocenters. The first-order valence-electron chi connectivity index (χ1n) is 7.58. The molecule has 0 fully saturated rings. The number of para-hydroxylation sites is 1. The fourth-order valence-electron chi connectivity index (χ4n) is 2.29. The van der Waals surface area contributed by atoms with E-state index in [1.54, 1.807) is 7.11 Å². The lowest BCUT2D eigenvalue weighted by molar-refractivity contribution is -0.139. The Morgan fingerprint density at radius 3 is 2.33 bits per heavy atom. The molecule has 24 heavy (non-hydrogen) atoms. The van der Waals surface area contributed by atoms with Crippen molar-refractivity contribution in [3.05, 3.63) is 65.7 Å². The lowest BCUT2D eigenvalue weighted by Gasteiger charge is -2.21. The molecule has 0 aromatic heterocycles. The Morgan fingerprint density at radius 2 is 1.67 bits per heavy atom. The maximum atomic E-state index is 13.0. The molecule has 1 unspecified atom stereocenters. The number of hydrogen-bond donors (Lipinski definition) is 1. The molecule has 6 heteroatoms. The molecule has 130 valence electrons. The Labute approximate surface area is 139 Å². The van der Waals surface area contributed by atoms with Gasteiger partial charge in [-0.2, -0.15) is 13.2 Å². The highest BCUT2D eigenvalue weighted by molar-refractivity contribution is 5.35. The summed E-state index contributed by atoms with van der Waals surface area (Å²) in [7, 11) is 1.59. The van der Waals surface area contributed by atoms with Gasteiger partial charge in [-0.15, -0.1) is 0 Å². The lowest BCUT2D eigenvalue weighted by Crippen LogP contribution is -2.29. The molecule has 0 amide bonds. The van der Waals surface area contributed by atoms with Gasteiger partial charge in [0, 0.05) is 13.7 Å². The average Bonchev–Trinajstić information content (AvgIpc) is 2.58. The van der Waals surface area contributed by atoms with Crippen LogP contribution < -0.4 is 10.1 Å². The number of ether oxygens (including phenoxy) is 2. The van der Waals surface area contributed by atoms with Crippen molar-refractivity contribution < 1.29 is 22.6 Å². The van der Waals surface area contributed by atoms with E-state index in [9.17, 15) is 13.2 Å². The van der Waals surface area contributed by atoms with Gasteiger partial charge in [-0.05, 0) is 17.7 Å². The van der Waals surface area contributed by atoms with Crippen LogP contribution in [0, 0.1) is 0 Å². The normalized spacial score (nSPS) is 12.8. The van der Waals surface area contributed by atoms with Crippen LogP contribution in [0.25, 0.3) is 0 Å². The second-order valence-corrected chi connectivity index (χ2v) is 5.22. The van der Waals surface area contributed by atoms with Crippen LogP contribution in [-0.4, -0.2) is 26.9 Å². The predicted octanol–water partition coefficient (Wildman–Crippen LogP) is 4.06. The highest BCUT2D eigenvalue weighted by Gasteiger charge is 2.34. The zero-order valence-electron chi connectivity index (χ0n) is 13.3. The van der Waals surface area contributed by atoms with Crippen molar-refractivity contribution in [2.75, 3.05) is 26.9 Å². The van der Waals surface area contributed by atoms with E-state index in [1.165, 1.54) is 18.2 Å². The summed E-state index contributed by atoms with van der Waals surface area (Å²) in [6.45, 7) is 1.16. The van der Waals surface area contributed by atoms with E-state index < -0.39 is 11.7 Å². The maximum absolute atomic E-state index is 13.0. The molecule has 0 aliphatic rings. The number of alkyl halides is 3. The summed E-state index contributed by atoms with van der Waals surface area (Å²) in [6.07, 6.45) is -4.44. The van der Waals surface area contributed by atoms with Crippen LogP contribution >= 0.6 is 0 Å². The smallest absolute Gasteiger partial charge is 0.419 e. The van der Waals surface area contributed by atoms with Crippen molar-refractivity contribution in [1.82, 2.24) is 5.32 Å². The monoisotopic (exact) mass is 339 g/mol. The number of nitrogens with one attached hydrogen (secondary N) is 1. The predicted molar refractivity (Wildman–Crippen MR) is 86.0 cm³/mol. The van der Waals surface area contributed by atoms with E-state index in [0.29, 0.717) is 13.2 Å². The van der Waals surface area contributed by atoms with Gasteiger partial charge in [-0.1, -0.05) is 42.5 Å². The molecule has 0 radical (unpaired) electrons. The number of methoxy groups -OCH3 is 1. The molecule has 3 nitrogen and oxygen atoms in total. The van der Waals surface area contributed by atoms with E-state index >= 15 is 0 Å². The van der Waals surface area contributed by atoms with Crippen LogP contribution in [0.2, 0.25) is 0 Å². The van der Waals surface area contributed by atoms with Crippen LogP contribution in [-0.2, 0) is 10.9 Å². The summed E-state index contributed by atoms with van der Waals surface area (Å²) in [5, 5.41) is 3.23. The third kappa shape index (κ3) is 5.25. The molecule has 0 saturated heterocycles. The Balaban J connectivity index is 2.11. The second-order valence-electron chi connectivity index (χ2n) is 5.22. The molecule has 0 aliphatic carbocycles. The molecular weight excluding hydrogens is 319 g/mol. The minimum absolute atomic E-state index is 0.0841. The SMILES string of the molecule is COCCNC(COc1ccccc1C(F)(F)F)c1ccccc1. The lowest BCUT2D eigenvalue weighted by atomic mass is 10.1. The third-order valence-electron chi connectivity index (χ3n) is 3.50. The zero-order chi connectivity index (χ0) is 17.4. The van der Waals surface area contributed by atoms with E-state index in [1.807, 2.05) is 30.3 Å². The first-order chi connectivity index (χ1) is 11.5. The van der Waals surface area contributed by atoms with E-state index in [4.69, 9.17) is 9.47 Å². The van der Waals surface area contributed by atoms with Gasteiger partial charge >= 0.3 is 6.18 Å². The van der Waals surface area contributed by atoms with Crippen molar-refractivity contribution in [1.29, 1.82) is 0 Å². The van der Waals surface area contributed by atoms with Gasteiger partial charge in [0.15, 0.2) is 0 Å². The number of halogens is 3. The summed E-state index contributed by atoms with van der Waals surface area (Å²) in [4.78, 5) is 0. The van der Waals surface area contributed by atoms with E-state index in [2.05, 4.69) is 5.32 Å². The van der Waals surface area contributed by atoms with Gasteiger partial charge in [0.1, 0.15) is 12.4 Å². The number of rotatable bonds is 8. The molecular formula is C18H20F3NO2. The molecule has 2 aromatic rings. The third-order valence-corrected chi connectivity index (χ3v) is 3.50. The van der Waals surface area contributed by atoms with Gasteiger partial charge in [0.25, 0.3) is 0 Å². The van der Waals surface area contributed by atoms with Crippen molar-refractivity contribution in [3.8, 4) is 5.75 Å². The van der Waals surface area contributed by atoms with Crippen LogP contribution in [0.4, 0.5) is 13.2 Å². The van der Waals surface area contributed by atoms with Gasteiger partial charge in [-0.25, -0.2) is 0 Å². The first-order valence-corrected chi connectivity index (χ1v) is 7.58. The molecule has 0 aliphatic heterocycles. The molecule has 0 spiro atoms. The second kappa shape index (κ2) is 8.70. The van der Waals surface area contributed by atoms with Crippen molar-refractivity contribution in [2.45, 2.75) is 12.2 Å². The van der Waals surface area contributed by atoms with E-state index in [-0.39, 0.29) is 18.4 Å². The number of benzene rings is 2. The fraction of sp³-hybridized carbons (Fsp3) is 0.333. The molecule has 1 N–H and O–H groups in total. The highest BCUT2D eigenvalue weighted by Crippen LogP contribution is 2.36. The quantitative estimate of drug-likeness (QED) is 0.736. The minimum Gasteiger partial charge on any atom is -0.491 e. The Bertz CT molecular complexity index is 617. The Morgan fingerprint density at radius 1 is 1.00 bits per heavy atom. The van der Waals surface area contributed by atoms with Crippen LogP contribution in [0.3, 0.4) is 0 Å². The Kier molecular flexibility index (Phi) is 6.63. The minimum atomic E-state index is -4.44. The largest absolute Gasteiger partial charge is 0.491 e. The number of hydrogen-bond acceptors (Lipinski definition) is 3. The average molecular weight is 339 g/mol. The van der Waals surface area contributed by atoms with Gasteiger partial charge in [-0.3, -0.25) is 0 Å². The molecule has 0 saturated carbocycles. The molecule has 0 heterocycles. The topological polar surface area (TPSA) is 30.5 Å². The summed E-state index contributed by atoms with van der Waals surface area (Å²) < 4.78 is 49.6. The molecule has 2 rings (SSSR count). The summed E-state index contributed by atoms with van der Waals surface area (Å²) in [6, 6.07) is 14.5. The zero-order valence-corrected chi connectivity index (χ0v) is 13.3. The van der Waals surface area contributed by atoms with Crippen LogP contribution in [0.5, 0.6) is 5.75 Å². The van der Waals surface area contributed by atoms with Crippen LogP contribution in [0.1, 0.15) is 17.2 Å². The van der Waals surface area contributed by atoms with Gasteiger partial charge in [0.05, 0.1) is 18.2 Å².